The lowest BCUT2D eigenvalue weighted by Crippen LogP contribution is -2.29. The number of amides is 1. The highest BCUT2D eigenvalue weighted by molar-refractivity contribution is 5.96. The highest BCUT2D eigenvalue weighted by atomic mass is 19.1. The molecule has 156 valence electrons. The van der Waals surface area contributed by atoms with Gasteiger partial charge in [-0.2, -0.15) is 5.10 Å². The van der Waals surface area contributed by atoms with Gasteiger partial charge in [0.05, 0.1) is 17.8 Å². The van der Waals surface area contributed by atoms with Crippen molar-refractivity contribution in [1.29, 1.82) is 0 Å². The average molecular weight is 410 g/mol. The van der Waals surface area contributed by atoms with Crippen LogP contribution in [0.4, 0.5) is 10.1 Å². The van der Waals surface area contributed by atoms with Gasteiger partial charge >= 0.3 is 5.97 Å². The number of nitrogens with one attached hydrogen (secondary N) is 1. The molecule has 30 heavy (non-hydrogen) atoms. The van der Waals surface area contributed by atoms with Crippen molar-refractivity contribution in [3.63, 3.8) is 0 Å². The molecule has 3 rings (SSSR count). The van der Waals surface area contributed by atoms with Crippen LogP contribution < -0.4 is 11.1 Å². The Morgan fingerprint density at radius 3 is 2.60 bits per heavy atom. The number of carbonyl (C=O) groups is 2. The monoisotopic (exact) mass is 410 g/mol. The second-order valence-corrected chi connectivity index (χ2v) is 6.88. The second kappa shape index (κ2) is 9.21. The first-order valence-electron chi connectivity index (χ1n) is 9.41. The van der Waals surface area contributed by atoms with Gasteiger partial charge < -0.3 is 15.8 Å². The summed E-state index contributed by atoms with van der Waals surface area (Å²) in [6.07, 6.45) is 0. The zero-order valence-corrected chi connectivity index (χ0v) is 16.8. The maximum absolute atomic E-state index is 13.1. The molecule has 0 aliphatic carbocycles. The van der Waals surface area contributed by atoms with E-state index in [-0.39, 0.29) is 17.8 Å². The number of rotatable bonds is 7. The first-order chi connectivity index (χ1) is 14.3. The number of nitrogens with two attached hydrogens (primary N) is 1. The summed E-state index contributed by atoms with van der Waals surface area (Å²) < 4.78 is 19.9. The van der Waals surface area contributed by atoms with Crippen LogP contribution in [0.1, 0.15) is 32.9 Å². The molecule has 3 N–H and O–H groups in total. The third kappa shape index (κ3) is 5.02. The number of carbonyl (C=O) groups excluding carboxylic acids is 2. The molecular weight excluding hydrogens is 387 g/mol. The summed E-state index contributed by atoms with van der Waals surface area (Å²) in [7, 11) is 0. The van der Waals surface area contributed by atoms with Crippen LogP contribution in [0.15, 0.2) is 48.5 Å². The SMILES string of the molecule is Cc1nn(Cc2ccccc2)c(C)c1CNC(=O)COC(=O)c1ccc(F)cc1N. The number of benzene rings is 2. The van der Waals surface area contributed by atoms with Crippen molar-refractivity contribution in [2.75, 3.05) is 12.3 Å². The van der Waals surface area contributed by atoms with E-state index in [0.717, 1.165) is 34.6 Å². The maximum Gasteiger partial charge on any atom is 0.340 e. The van der Waals surface area contributed by atoms with Crippen molar-refractivity contribution < 1.29 is 18.7 Å². The third-order valence-electron chi connectivity index (χ3n) is 4.74. The molecule has 7 nitrogen and oxygen atoms in total. The minimum absolute atomic E-state index is 0.0121. The molecule has 0 unspecified atom stereocenters. The second-order valence-electron chi connectivity index (χ2n) is 6.88. The van der Waals surface area contributed by atoms with Gasteiger partial charge in [-0.1, -0.05) is 30.3 Å². The van der Waals surface area contributed by atoms with Crippen molar-refractivity contribution in [1.82, 2.24) is 15.1 Å². The van der Waals surface area contributed by atoms with Crippen molar-refractivity contribution in [3.8, 4) is 0 Å². The topological polar surface area (TPSA) is 99.2 Å². The van der Waals surface area contributed by atoms with Crippen LogP contribution in [0.25, 0.3) is 0 Å². The van der Waals surface area contributed by atoms with E-state index in [1.165, 1.54) is 6.07 Å². The van der Waals surface area contributed by atoms with E-state index in [4.69, 9.17) is 10.5 Å². The zero-order chi connectivity index (χ0) is 21.7. The molecular formula is C22H23FN4O3. The number of ether oxygens (including phenoxy) is 1. The fourth-order valence-corrected chi connectivity index (χ4v) is 3.07. The van der Waals surface area contributed by atoms with Crippen LogP contribution in [0, 0.1) is 19.7 Å². The molecule has 8 heteroatoms. The van der Waals surface area contributed by atoms with E-state index in [2.05, 4.69) is 10.4 Å². The smallest absolute Gasteiger partial charge is 0.340 e. The summed E-state index contributed by atoms with van der Waals surface area (Å²) in [6.45, 7) is 4.26. The normalized spacial score (nSPS) is 10.6. The summed E-state index contributed by atoms with van der Waals surface area (Å²) >= 11 is 0. The van der Waals surface area contributed by atoms with Crippen molar-refractivity contribution in [2.24, 2.45) is 0 Å². The standard InChI is InChI=1S/C22H23FN4O3/c1-14-19(15(2)27(26-14)12-16-6-4-3-5-7-16)11-25-21(28)13-30-22(29)18-9-8-17(23)10-20(18)24/h3-10H,11-13,24H2,1-2H3,(H,25,28). The first-order valence-corrected chi connectivity index (χ1v) is 9.41. The van der Waals surface area contributed by atoms with E-state index in [0.29, 0.717) is 6.54 Å². The van der Waals surface area contributed by atoms with Crippen molar-refractivity contribution >= 4 is 17.6 Å². The minimum atomic E-state index is -0.786. The Bertz CT molecular complexity index is 1060. The van der Waals surface area contributed by atoms with Gasteiger partial charge in [0.15, 0.2) is 6.61 Å². The lowest BCUT2D eigenvalue weighted by molar-refractivity contribution is -0.124. The molecule has 1 heterocycles. The van der Waals surface area contributed by atoms with Crippen LogP contribution in [0.3, 0.4) is 0 Å². The number of aromatic nitrogens is 2. The van der Waals surface area contributed by atoms with E-state index < -0.39 is 24.3 Å². The first kappa shape index (κ1) is 21.0. The van der Waals surface area contributed by atoms with Crippen LogP contribution in [0.5, 0.6) is 0 Å². The van der Waals surface area contributed by atoms with Gasteiger partial charge in [-0.25, -0.2) is 9.18 Å². The van der Waals surface area contributed by atoms with E-state index in [1.54, 1.807) is 0 Å². The van der Waals surface area contributed by atoms with Crippen LogP contribution in [-0.4, -0.2) is 28.3 Å². The Labute approximate surface area is 173 Å². The zero-order valence-electron chi connectivity index (χ0n) is 16.8. The summed E-state index contributed by atoms with van der Waals surface area (Å²) in [5.74, 6) is -1.80. The maximum atomic E-state index is 13.1. The van der Waals surface area contributed by atoms with Crippen LogP contribution in [0.2, 0.25) is 0 Å². The third-order valence-corrected chi connectivity index (χ3v) is 4.74. The number of nitrogen functional groups attached to an aromatic ring is 1. The fraction of sp³-hybridized carbons (Fsp3) is 0.227. The quantitative estimate of drug-likeness (QED) is 0.461. The number of aryl methyl sites for hydroxylation is 1. The Kier molecular flexibility index (Phi) is 6.46. The molecule has 0 saturated heterocycles. The number of hydrogen-bond donors (Lipinski definition) is 2. The van der Waals surface area contributed by atoms with E-state index >= 15 is 0 Å². The lowest BCUT2D eigenvalue weighted by atomic mass is 10.2. The van der Waals surface area contributed by atoms with Crippen molar-refractivity contribution in [2.45, 2.75) is 26.9 Å². The Morgan fingerprint density at radius 1 is 1.17 bits per heavy atom. The molecule has 0 bridgehead atoms. The molecule has 0 atom stereocenters. The molecule has 0 fully saturated rings. The van der Waals surface area contributed by atoms with Gasteiger partial charge in [-0.05, 0) is 37.6 Å². The molecule has 1 amide bonds. The molecule has 2 aromatic carbocycles. The van der Waals surface area contributed by atoms with Gasteiger partial charge in [-0.15, -0.1) is 0 Å². The van der Waals surface area contributed by atoms with Gasteiger partial charge in [0.25, 0.3) is 5.91 Å². The number of esters is 1. The summed E-state index contributed by atoms with van der Waals surface area (Å²) in [5, 5.41) is 7.28. The van der Waals surface area contributed by atoms with Crippen molar-refractivity contribution in [3.05, 3.63) is 82.4 Å². The molecule has 0 radical (unpaired) electrons. The largest absolute Gasteiger partial charge is 0.452 e. The van der Waals surface area contributed by atoms with E-state index in [9.17, 15) is 14.0 Å². The molecule has 0 aliphatic rings. The fourth-order valence-electron chi connectivity index (χ4n) is 3.07. The molecule has 0 aliphatic heterocycles. The number of anilines is 1. The number of halogens is 1. The predicted molar refractivity (Wildman–Crippen MR) is 110 cm³/mol. The average Bonchev–Trinajstić information content (AvgIpc) is 2.98. The minimum Gasteiger partial charge on any atom is -0.452 e. The van der Waals surface area contributed by atoms with Crippen LogP contribution in [-0.2, 0) is 22.6 Å². The number of nitrogens with zero attached hydrogens (tertiary/aromatic N) is 2. The van der Waals surface area contributed by atoms with E-state index in [1.807, 2.05) is 48.9 Å². The highest BCUT2D eigenvalue weighted by Crippen LogP contribution is 2.16. The van der Waals surface area contributed by atoms with Gasteiger partial charge in [0.1, 0.15) is 5.82 Å². The van der Waals surface area contributed by atoms with Gasteiger partial charge in [0.2, 0.25) is 0 Å². The molecule has 1 aromatic heterocycles. The van der Waals surface area contributed by atoms with Gasteiger partial charge in [-0.3, -0.25) is 9.48 Å². The molecule has 0 saturated carbocycles. The number of hydrogen-bond acceptors (Lipinski definition) is 5. The van der Waals surface area contributed by atoms with Crippen LogP contribution >= 0.6 is 0 Å². The molecule has 0 spiro atoms. The molecule has 3 aromatic rings. The lowest BCUT2D eigenvalue weighted by Gasteiger charge is -2.09. The summed E-state index contributed by atoms with van der Waals surface area (Å²) in [5.41, 5.74) is 9.38. The Morgan fingerprint density at radius 2 is 1.90 bits per heavy atom. The Hall–Kier alpha value is -3.68. The summed E-state index contributed by atoms with van der Waals surface area (Å²) in [6, 6.07) is 13.3. The highest BCUT2D eigenvalue weighted by Gasteiger charge is 2.16. The Balaban J connectivity index is 1.55. The predicted octanol–water partition coefficient (Wildman–Crippen LogP) is 2.74. The summed E-state index contributed by atoms with van der Waals surface area (Å²) in [4.78, 5) is 24.1. The van der Waals surface area contributed by atoms with Gasteiger partial charge in [0, 0.05) is 23.5 Å².